The molecule has 0 saturated heterocycles. The molecule has 0 aromatic rings. The number of rotatable bonds is 34. The van der Waals surface area contributed by atoms with Crippen LogP contribution in [-0.2, 0) is 8.23 Å². The SMILES string of the molecule is CCCCCCCC[Si](CC)(CCCCCCCC)O[Si](C)(C)O[Si](CC)(CCCCCCCC)CCCCCCCC. The predicted molar refractivity (Wildman–Crippen MR) is 205 cm³/mol. The van der Waals surface area contributed by atoms with E-state index in [4.69, 9.17) is 8.23 Å². The molecule has 0 aromatic heterocycles. The molecule has 0 radical (unpaired) electrons. The van der Waals surface area contributed by atoms with Crippen molar-refractivity contribution in [2.45, 2.75) is 245 Å². The van der Waals surface area contributed by atoms with E-state index >= 15 is 0 Å². The van der Waals surface area contributed by atoms with E-state index in [0.717, 1.165) is 0 Å². The predicted octanol–water partition coefficient (Wildman–Crippen LogP) is 15.1. The van der Waals surface area contributed by atoms with Crippen LogP contribution in [0, 0.1) is 0 Å². The lowest BCUT2D eigenvalue weighted by Crippen LogP contribution is -2.55. The van der Waals surface area contributed by atoms with Crippen LogP contribution in [-0.4, -0.2) is 25.2 Å². The van der Waals surface area contributed by atoms with E-state index in [1.54, 1.807) is 0 Å². The van der Waals surface area contributed by atoms with E-state index in [9.17, 15) is 0 Å². The fourth-order valence-corrected chi connectivity index (χ4v) is 24.4. The minimum Gasteiger partial charge on any atom is -0.436 e. The molecule has 5 heteroatoms. The summed E-state index contributed by atoms with van der Waals surface area (Å²) in [5.74, 6) is 0. The fourth-order valence-electron chi connectivity index (χ4n) is 7.28. The van der Waals surface area contributed by atoms with E-state index in [-0.39, 0.29) is 0 Å². The highest BCUT2D eigenvalue weighted by Gasteiger charge is 2.45. The molecule has 0 amide bonds. The number of unbranched alkanes of at least 4 members (excludes halogenated alkanes) is 20. The second kappa shape index (κ2) is 28.8. The van der Waals surface area contributed by atoms with E-state index in [0.29, 0.717) is 0 Å². The first-order valence-electron chi connectivity index (χ1n) is 20.2. The monoisotopic (exact) mass is 657 g/mol. The molecule has 0 spiro atoms. The molecule has 0 bridgehead atoms. The van der Waals surface area contributed by atoms with E-state index in [1.807, 2.05) is 0 Å². The van der Waals surface area contributed by atoms with Gasteiger partial charge >= 0.3 is 8.56 Å². The second-order valence-corrected chi connectivity index (χ2v) is 27.3. The number of hydrogen-bond donors (Lipinski definition) is 0. The van der Waals surface area contributed by atoms with Crippen molar-refractivity contribution in [1.82, 2.24) is 0 Å². The zero-order valence-electron chi connectivity index (χ0n) is 31.5. The topological polar surface area (TPSA) is 18.5 Å². The molecular formula is C38H84O2Si3. The molecule has 0 aliphatic heterocycles. The van der Waals surface area contributed by atoms with Crippen LogP contribution in [0.4, 0.5) is 0 Å². The Morgan fingerprint density at radius 1 is 0.302 bits per heavy atom. The van der Waals surface area contributed by atoms with Crippen molar-refractivity contribution in [3.05, 3.63) is 0 Å². The first-order valence-corrected chi connectivity index (χ1v) is 28.1. The molecule has 0 atom stereocenters. The van der Waals surface area contributed by atoms with Gasteiger partial charge in [-0.25, -0.2) is 0 Å². The Bertz CT molecular complexity index is 504. The van der Waals surface area contributed by atoms with Gasteiger partial charge in [0.05, 0.1) is 0 Å². The van der Waals surface area contributed by atoms with Gasteiger partial charge in [0.2, 0.25) is 0 Å². The quantitative estimate of drug-likeness (QED) is 0.0507. The third kappa shape index (κ3) is 23.5. The fraction of sp³-hybridized carbons (Fsp3) is 1.00. The maximum absolute atomic E-state index is 7.60. The minimum absolute atomic E-state index is 1.28. The highest BCUT2D eigenvalue weighted by atomic mass is 28.5. The lowest BCUT2D eigenvalue weighted by molar-refractivity contribution is 0.369. The summed E-state index contributed by atoms with van der Waals surface area (Å²) in [6.45, 7) is 19.2. The largest absolute Gasteiger partial charge is 0.436 e. The summed E-state index contributed by atoms with van der Waals surface area (Å²) in [6, 6.07) is 8.07. The molecule has 260 valence electrons. The van der Waals surface area contributed by atoms with Crippen LogP contribution in [0.25, 0.3) is 0 Å². The second-order valence-electron chi connectivity index (χ2n) is 14.7. The third-order valence-corrected chi connectivity index (χ3v) is 25.2. The Labute approximate surface area is 277 Å². The van der Waals surface area contributed by atoms with Gasteiger partial charge in [0.1, 0.15) is 0 Å². The van der Waals surface area contributed by atoms with Crippen molar-refractivity contribution < 1.29 is 8.23 Å². The molecule has 0 fully saturated rings. The van der Waals surface area contributed by atoms with Gasteiger partial charge in [-0.2, -0.15) is 0 Å². The van der Waals surface area contributed by atoms with Crippen molar-refractivity contribution in [2.24, 2.45) is 0 Å². The maximum atomic E-state index is 7.60. The van der Waals surface area contributed by atoms with Gasteiger partial charge in [-0.3, -0.25) is 0 Å². The Kier molecular flexibility index (Phi) is 29.1. The summed E-state index contributed by atoms with van der Waals surface area (Å²) in [6.07, 6.45) is 33.5. The summed E-state index contributed by atoms with van der Waals surface area (Å²) in [7, 11) is -5.82. The number of hydrogen-bond acceptors (Lipinski definition) is 2. The molecule has 0 aliphatic rings. The van der Waals surface area contributed by atoms with Crippen LogP contribution in [0.1, 0.15) is 196 Å². The van der Waals surface area contributed by atoms with Gasteiger partial charge in [-0.1, -0.05) is 196 Å². The van der Waals surface area contributed by atoms with Crippen molar-refractivity contribution in [3.8, 4) is 0 Å². The zero-order valence-corrected chi connectivity index (χ0v) is 34.5. The van der Waals surface area contributed by atoms with Crippen LogP contribution in [0.5, 0.6) is 0 Å². The molecule has 43 heavy (non-hydrogen) atoms. The molecule has 0 heterocycles. The van der Waals surface area contributed by atoms with E-state index < -0.39 is 25.2 Å². The van der Waals surface area contributed by atoms with Gasteiger partial charge in [0.25, 0.3) is 0 Å². The third-order valence-electron chi connectivity index (χ3n) is 10.2. The standard InChI is InChI=1S/C38H84O2Si3/c1-9-15-19-23-27-31-35-42(13-5,36-32-28-24-20-16-10-2)39-41(7,8)40-43(14-6,37-33-29-25-21-17-11-3)38-34-30-26-22-18-12-4/h9-38H2,1-8H3. The first-order chi connectivity index (χ1) is 20.8. The van der Waals surface area contributed by atoms with Crippen LogP contribution in [0.15, 0.2) is 0 Å². The Hall–Kier alpha value is 0.571. The highest BCUT2D eigenvalue weighted by Crippen LogP contribution is 2.36. The van der Waals surface area contributed by atoms with E-state index in [1.165, 1.54) is 190 Å². The molecule has 0 N–H and O–H groups in total. The molecule has 2 nitrogen and oxygen atoms in total. The van der Waals surface area contributed by atoms with Gasteiger partial charge in [0.15, 0.2) is 16.6 Å². The molecule has 0 aromatic carbocycles. The van der Waals surface area contributed by atoms with Crippen molar-refractivity contribution in [3.63, 3.8) is 0 Å². The van der Waals surface area contributed by atoms with Crippen molar-refractivity contribution in [2.75, 3.05) is 0 Å². The molecule has 0 saturated carbocycles. The van der Waals surface area contributed by atoms with E-state index in [2.05, 4.69) is 54.6 Å². The van der Waals surface area contributed by atoms with Gasteiger partial charge in [-0.15, -0.1) is 0 Å². The van der Waals surface area contributed by atoms with Gasteiger partial charge in [0, 0.05) is 0 Å². The molecule has 0 aliphatic carbocycles. The summed E-state index contributed by atoms with van der Waals surface area (Å²) in [5, 5.41) is 0. The van der Waals surface area contributed by atoms with Crippen LogP contribution >= 0.6 is 0 Å². The Morgan fingerprint density at radius 3 is 0.721 bits per heavy atom. The normalized spacial score (nSPS) is 12.8. The summed E-state index contributed by atoms with van der Waals surface area (Å²) in [5.41, 5.74) is 0. The first kappa shape index (κ1) is 43.6. The lowest BCUT2D eigenvalue weighted by Gasteiger charge is -2.44. The van der Waals surface area contributed by atoms with Gasteiger partial charge < -0.3 is 8.23 Å². The summed E-state index contributed by atoms with van der Waals surface area (Å²) < 4.78 is 15.2. The van der Waals surface area contributed by atoms with Gasteiger partial charge in [-0.05, 0) is 49.4 Å². The van der Waals surface area contributed by atoms with Crippen LogP contribution < -0.4 is 0 Å². The molecule has 0 unspecified atom stereocenters. The Balaban J connectivity index is 5.55. The smallest absolute Gasteiger partial charge is 0.311 e. The van der Waals surface area contributed by atoms with Crippen molar-refractivity contribution >= 4 is 25.2 Å². The minimum atomic E-state index is -2.22. The Morgan fingerprint density at radius 2 is 0.512 bits per heavy atom. The molecular weight excluding hydrogens is 573 g/mol. The van der Waals surface area contributed by atoms with Crippen LogP contribution in [0.3, 0.4) is 0 Å². The summed E-state index contributed by atoms with van der Waals surface area (Å²) in [4.78, 5) is 0. The summed E-state index contributed by atoms with van der Waals surface area (Å²) >= 11 is 0. The lowest BCUT2D eigenvalue weighted by atomic mass is 10.1. The van der Waals surface area contributed by atoms with Crippen molar-refractivity contribution in [1.29, 1.82) is 0 Å². The molecule has 0 rings (SSSR count). The highest BCUT2D eigenvalue weighted by molar-refractivity contribution is 6.89. The average Bonchev–Trinajstić information content (AvgIpc) is 2.99. The van der Waals surface area contributed by atoms with Crippen LogP contribution in [0.2, 0.25) is 49.4 Å². The maximum Gasteiger partial charge on any atom is 0.311 e. The zero-order chi connectivity index (χ0) is 32.1. The average molecular weight is 657 g/mol.